The number of aliphatic hydroxyl groups is 1. The summed E-state index contributed by atoms with van der Waals surface area (Å²) in [7, 11) is 0. The third-order valence-electron chi connectivity index (χ3n) is 2.98. The molecule has 0 aromatic rings. The van der Waals surface area contributed by atoms with Gasteiger partial charge in [-0.25, -0.2) is 4.79 Å². The lowest BCUT2D eigenvalue weighted by Crippen LogP contribution is -2.56. The van der Waals surface area contributed by atoms with Crippen LogP contribution in [0.5, 0.6) is 0 Å². The molecule has 1 saturated heterocycles. The molecular weight excluding hydrogens is 224 g/mol. The second kappa shape index (κ2) is 5.01. The molecule has 6 nitrogen and oxygen atoms in total. The van der Waals surface area contributed by atoms with E-state index in [0.717, 1.165) is 0 Å². The predicted octanol–water partition coefficient (Wildman–Crippen LogP) is -0.579. The van der Waals surface area contributed by atoms with Crippen LogP contribution < -0.4 is 5.32 Å². The number of carboxylic acids is 1. The Kier molecular flexibility index (Phi) is 4.11. The van der Waals surface area contributed by atoms with Crippen molar-refractivity contribution in [2.45, 2.75) is 44.9 Å². The van der Waals surface area contributed by atoms with Crippen molar-refractivity contribution in [1.29, 1.82) is 0 Å². The van der Waals surface area contributed by atoms with E-state index in [9.17, 15) is 14.7 Å². The summed E-state index contributed by atoms with van der Waals surface area (Å²) < 4.78 is 0. The van der Waals surface area contributed by atoms with Crippen molar-refractivity contribution in [3.8, 4) is 0 Å². The van der Waals surface area contributed by atoms with Crippen molar-refractivity contribution >= 4 is 11.9 Å². The second-order valence-electron chi connectivity index (χ2n) is 4.86. The molecular formula is C11H20N2O4. The number of amides is 1. The summed E-state index contributed by atoms with van der Waals surface area (Å²) in [6.45, 7) is 6.00. The Bertz CT molecular complexity index is 317. The van der Waals surface area contributed by atoms with Gasteiger partial charge in [-0.15, -0.1) is 0 Å². The zero-order valence-electron chi connectivity index (χ0n) is 10.4. The molecule has 2 atom stereocenters. The van der Waals surface area contributed by atoms with Crippen LogP contribution in [0.3, 0.4) is 0 Å². The first-order valence-electron chi connectivity index (χ1n) is 5.76. The molecule has 3 N–H and O–H groups in total. The normalized spacial score (nSPS) is 25.1. The van der Waals surface area contributed by atoms with Crippen LogP contribution in [0, 0.1) is 0 Å². The van der Waals surface area contributed by atoms with Crippen LogP contribution in [0.1, 0.15) is 27.2 Å². The lowest BCUT2D eigenvalue weighted by Gasteiger charge is -2.32. The van der Waals surface area contributed by atoms with E-state index in [1.165, 1.54) is 4.90 Å². The van der Waals surface area contributed by atoms with E-state index < -0.39 is 23.7 Å². The zero-order chi connectivity index (χ0) is 13.2. The first-order chi connectivity index (χ1) is 7.79. The average Bonchev–Trinajstić information content (AvgIpc) is 2.59. The molecule has 1 fully saturated rings. The molecule has 0 aliphatic carbocycles. The van der Waals surface area contributed by atoms with Gasteiger partial charge in [-0.3, -0.25) is 4.79 Å². The molecule has 98 valence electrons. The van der Waals surface area contributed by atoms with Crippen molar-refractivity contribution in [2.24, 2.45) is 0 Å². The summed E-state index contributed by atoms with van der Waals surface area (Å²) in [5.74, 6) is -1.36. The SMILES string of the molecule is CCNC(C)(C)C(=O)N1C[C@@H](O)C[C@H]1C(=O)O. The molecule has 0 bridgehead atoms. The smallest absolute Gasteiger partial charge is 0.326 e. The number of carbonyl (C=O) groups is 2. The molecule has 0 unspecified atom stereocenters. The minimum atomic E-state index is -1.07. The lowest BCUT2D eigenvalue weighted by atomic mass is 10.0. The van der Waals surface area contributed by atoms with E-state index in [0.29, 0.717) is 6.54 Å². The van der Waals surface area contributed by atoms with Crippen LogP contribution >= 0.6 is 0 Å². The van der Waals surface area contributed by atoms with Gasteiger partial charge in [-0.2, -0.15) is 0 Å². The number of likely N-dealkylation sites (N-methyl/N-ethyl adjacent to an activating group) is 1. The number of likely N-dealkylation sites (tertiary alicyclic amines) is 1. The highest BCUT2D eigenvalue weighted by molar-refractivity contribution is 5.90. The average molecular weight is 244 g/mol. The summed E-state index contributed by atoms with van der Waals surface area (Å²) in [5.41, 5.74) is -0.813. The Hall–Kier alpha value is -1.14. The van der Waals surface area contributed by atoms with Gasteiger partial charge >= 0.3 is 5.97 Å². The first-order valence-corrected chi connectivity index (χ1v) is 5.76. The van der Waals surface area contributed by atoms with Gasteiger partial charge in [0, 0.05) is 13.0 Å². The maximum Gasteiger partial charge on any atom is 0.326 e. The lowest BCUT2D eigenvalue weighted by molar-refractivity contribution is -0.150. The topological polar surface area (TPSA) is 89.9 Å². The summed E-state index contributed by atoms with van der Waals surface area (Å²) in [6.07, 6.45) is -0.652. The highest BCUT2D eigenvalue weighted by Gasteiger charge is 2.43. The van der Waals surface area contributed by atoms with Crippen LogP contribution in [-0.2, 0) is 9.59 Å². The number of aliphatic hydroxyl groups excluding tert-OH is 1. The Morgan fingerprint density at radius 2 is 2.06 bits per heavy atom. The molecule has 1 heterocycles. The molecule has 1 amide bonds. The Balaban J connectivity index is 2.84. The van der Waals surface area contributed by atoms with Crippen LogP contribution in [0.4, 0.5) is 0 Å². The minimum Gasteiger partial charge on any atom is -0.480 e. The molecule has 0 saturated carbocycles. The number of rotatable bonds is 4. The van der Waals surface area contributed by atoms with Crippen molar-refractivity contribution < 1.29 is 19.8 Å². The fourth-order valence-electron chi connectivity index (χ4n) is 2.15. The van der Waals surface area contributed by atoms with E-state index in [1.807, 2.05) is 6.92 Å². The predicted molar refractivity (Wildman–Crippen MR) is 61.5 cm³/mol. The van der Waals surface area contributed by atoms with Gasteiger partial charge in [0.25, 0.3) is 0 Å². The van der Waals surface area contributed by atoms with Crippen LogP contribution in [0.2, 0.25) is 0 Å². The summed E-state index contributed by atoms with van der Waals surface area (Å²) >= 11 is 0. The molecule has 1 aliphatic rings. The molecule has 1 aliphatic heterocycles. The van der Waals surface area contributed by atoms with E-state index in [-0.39, 0.29) is 18.9 Å². The fraction of sp³-hybridized carbons (Fsp3) is 0.818. The maximum absolute atomic E-state index is 12.2. The fourth-order valence-corrected chi connectivity index (χ4v) is 2.15. The molecule has 0 radical (unpaired) electrons. The number of β-amino-alcohol motifs (C(OH)–C–C–N with tert-alkyl or cyclic N) is 1. The van der Waals surface area contributed by atoms with Gasteiger partial charge < -0.3 is 20.4 Å². The number of nitrogens with one attached hydrogen (secondary N) is 1. The standard InChI is InChI=1S/C11H20N2O4/c1-4-12-11(2,3)10(17)13-6-7(14)5-8(13)9(15)16/h7-8,12,14H,4-6H2,1-3H3,(H,15,16)/t7-,8-/m0/s1. The number of hydrogen-bond acceptors (Lipinski definition) is 4. The second-order valence-corrected chi connectivity index (χ2v) is 4.86. The van der Waals surface area contributed by atoms with Crippen molar-refractivity contribution in [1.82, 2.24) is 10.2 Å². The molecule has 1 rings (SSSR count). The van der Waals surface area contributed by atoms with Crippen LogP contribution in [0.25, 0.3) is 0 Å². The van der Waals surface area contributed by atoms with E-state index in [2.05, 4.69) is 5.32 Å². The molecule has 6 heteroatoms. The quantitative estimate of drug-likeness (QED) is 0.615. The summed E-state index contributed by atoms with van der Waals surface area (Å²) in [6, 6.07) is -0.921. The number of aliphatic carboxylic acids is 1. The molecule has 0 spiro atoms. The largest absolute Gasteiger partial charge is 0.480 e. The van der Waals surface area contributed by atoms with Gasteiger partial charge in [0.2, 0.25) is 5.91 Å². The Labute approximate surface area is 101 Å². The Morgan fingerprint density at radius 3 is 2.53 bits per heavy atom. The number of carbonyl (C=O) groups excluding carboxylic acids is 1. The maximum atomic E-state index is 12.2. The highest BCUT2D eigenvalue weighted by Crippen LogP contribution is 2.22. The number of carboxylic acid groups (broad SMARTS) is 1. The monoisotopic (exact) mass is 244 g/mol. The van der Waals surface area contributed by atoms with Crippen molar-refractivity contribution in [2.75, 3.05) is 13.1 Å². The van der Waals surface area contributed by atoms with Crippen LogP contribution in [-0.4, -0.2) is 57.8 Å². The zero-order valence-corrected chi connectivity index (χ0v) is 10.4. The highest BCUT2D eigenvalue weighted by atomic mass is 16.4. The molecule has 17 heavy (non-hydrogen) atoms. The Morgan fingerprint density at radius 1 is 1.47 bits per heavy atom. The minimum absolute atomic E-state index is 0.0879. The van der Waals surface area contributed by atoms with E-state index in [1.54, 1.807) is 13.8 Å². The van der Waals surface area contributed by atoms with E-state index >= 15 is 0 Å². The van der Waals surface area contributed by atoms with Gasteiger partial charge in [0.1, 0.15) is 6.04 Å². The van der Waals surface area contributed by atoms with Crippen molar-refractivity contribution in [3.05, 3.63) is 0 Å². The van der Waals surface area contributed by atoms with Gasteiger partial charge in [-0.1, -0.05) is 6.92 Å². The summed E-state index contributed by atoms with van der Waals surface area (Å²) in [5, 5.41) is 21.5. The number of hydrogen-bond donors (Lipinski definition) is 3. The summed E-state index contributed by atoms with van der Waals surface area (Å²) in [4.78, 5) is 24.5. The van der Waals surface area contributed by atoms with Gasteiger partial charge in [0.15, 0.2) is 0 Å². The van der Waals surface area contributed by atoms with Gasteiger partial charge in [-0.05, 0) is 20.4 Å². The third-order valence-corrected chi connectivity index (χ3v) is 2.98. The third kappa shape index (κ3) is 2.95. The van der Waals surface area contributed by atoms with E-state index in [4.69, 9.17) is 5.11 Å². The molecule has 0 aromatic carbocycles. The van der Waals surface area contributed by atoms with Crippen molar-refractivity contribution in [3.63, 3.8) is 0 Å². The van der Waals surface area contributed by atoms with Gasteiger partial charge in [0.05, 0.1) is 11.6 Å². The molecule has 0 aromatic heterocycles. The first kappa shape index (κ1) is 13.9. The van der Waals surface area contributed by atoms with Crippen LogP contribution in [0.15, 0.2) is 0 Å². The number of nitrogens with zero attached hydrogens (tertiary/aromatic N) is 1.